The molecular weight excluding hydrogens is 234 g/mol. The van der Waals surface area contributed by atoms with Crippen molar-refractivity contribution in [3.05, 3.63) is 35.9 Å². The largest absolute Gasteiger partial charge is 0.487 e. The van der Waals surface area contributed by atoms with Gasteiger partial charge in [-0.2, -0.15) is 0 Å². The van der Waals surface area contributed by atoms with Crippen LogP contribution in [0.25, 0.3) is 0 Å². The third kappa shape index (κ3) is 4.69. The zero-order chi connectivity index (χ0) is 13.5. The maximum Gasteiger partial charge on any atom is 0.328 e. The van der Waals surface area contributed by atoms with E-state index in [4.69, 9.17) is 9.84 Å². The first kappa shape index (κ1) is 13.8. The van der Waals surface area contributed by atoms with Crippen molar-refractivity contribution in [3.8, 4) is 5.75 Å². The SMILES string of the molecule is CC(=O)Nc1ccccc1OC/C(C)=C/C(=O)O. The number of nitrogens with one attached hydrogen (secondary N) is 1. The van der Waals surface area contributed by atoms with E-state index in [1.807, 2.05) is 0 Å². The summed E-state index contributed by atoms with van der Waals surface area (Å²) in [5.41, 5.74) is 1.15. The first-order chi connectivity index (χ1) is 8.49. The van der Waals surface area contributed by atoms with E-state index in [-0.39, 0.29) is 12.5 Å². The quantitative estimate of drug-likeness (QED) is 0.783. The summed E-state index contributed by atoms with van der Waals surface area (Å²) in [5, 5.41) is 11.2. The average Bonchev–Trinajstić information content (AvgIpc) is 2.26. The lowest BCUT2D eigenvalue weighted by atomic mass is 10.2. The van der Waals surface area contributed by atoms with Crippen molar-refractivity contribution in [1.29, 1.82) is 0 Å². The Balaban J connectivity index is 2.72. The minimum Gasteiger partial charge on any atom is -0.487 e. The van der Waals surface area contributed by atoms with Crippen LogP contribution in [-0.2, 0) is 9.59 Å². The third-order valence-corrected chi connectivity index (χ3v) is 2.02. The van der Waals surface area contributed by atoms with E-state index in [0.29, 0.717) is 17.0 Å². The highest BCUT2D eigenvalue weighted by Crippen LogP contribution is 2.23. The van der Waals surface area contributed by atoms with Crippen LogP contribution in [-0.4, -0.2) is 23.6 Å². The van der Waals surface area contributed by atoms with Gasteiger partial charge in [0.15, 0.2) is 0 Å². The van der Waals surface area contributed by atoms with E-state index >= 15 is 0 Å². The van der Waals surface area contributed by atoms with Crippen LogP contribution >= 0.6 is 0 Å². The number of ether oxygens (including phenoxy) is 1. The summed E-state index contributed by atoms with van der Waals surface area (Å²) in [5.74, 6) is -0.694. The number of carboxylic acid groups (broad SMARTS) is 1. The van der Waals surface area contributed by atoms with E-state index < -0.39 is 5.97 Å². The van der Waals surface area contributed by atoms with Crippen LogP contribution in [0.1, 0.15) is 13.8 Å². The molecule has 0 spiro atoms. The molecule has 0 bridgehead atoms. The van der Waals surface area contributed by atoms with Crippen molar-refractivity contribution in [2.24, 2.45) is 0 Å². The van der Waals surface area contributed by atoms with Crippen LogP contribution in [0.3, 0.4) is 0 Å². The number of para-hydroxylation sites is 2. The van der Waals surface area contributed by atoms with E-state index in [1.165, 1.54) is 6.92 Å². The molecule has 0 aliphatic carbocycles. The van der Waals surface area contributed by atoms with Crippen molar-refractivity contribution >= 4 is 17.6 Å². The number of anilines is 1. The lowest BCUT2D eigenvalue weighted by molar-refractivity contribution is -0.131. The molecule has 1 amide bonds. The molecule has 0 unspecified atom stereocenters. The van der Waals surface area contributed by atoms with E-state index in [1.54, 1.807) is 31.2 Å². The lowest BCUT2D eigenvalue weighted by Gasteiger charge is -2.11. The second-order valence-corrected chi connectivity index (χ2v) is 3.79. The van der Waals surface area contributed by atoms with Gasteiger partial charge in [0.1, 0.15) is 12.4 Å². The fourth-order valence-electron chi connectivity index (χ4n) is 1.33. The summed E-state index contributed by atoms with van der Waals surface area (Å²) in [6.07, 6.45) is 1.08. The van der Waals surface area contributed by atoms with Crippen molar-refractivity contribution in [3.63, 3.8) is 0 Å². The predicted molar refractivity (Wildman–Crippen MR) is 67.6 cm³/mol. The second-order valence-electron chi connectivity index (χ2n) is 3.79. The Morgan fingerprint density at radius 2 is 2.00 bits per heavy atom. The number of aliphatic carboxylic acids is 1. The van der Waals surface area contributed by atoms with Gasteiger partial charge in [0, 0.05) is 13.0 Å². The Bertz CT molecular complexity index is 480. The van der Waals surface area contributed by atoms with Gasteiger partial charge in [-0.05, 0) is 24.6 Å². The van der Waals surface area contributed by atoms with Gasteiger partial charge in [0.05, 0.1) is 5.69 Å². The molecule has 1 rings (SSSR count). The van der Waals surface area contributed by atoms with Crippen molar-refractivity contribution < 1.29 is 19.4 Å². The van der Waals surface area contributed by atoms with Crippen LogP contribution in [0.2, 0.25) is 0 Å². The Labute approximate surface area is 105 Å². The molecule has 5 heteroatoms. The van der Waals surface area contributed by atoms with Crippen LogP contribution in [0.15, 0.2) is 35.9 Å². The summed E-state index contributed by atoms with van der Waals surface area (Å²) >= 11 is 0. The highest BCUT2D eigenvalue weighted by Gasteiger charge is 2.04. The minimum absolute atomic E-state index is 0.156. The Kier molecular flexibility index (Phi) is 4.92. The molecule has 1 aromatic rings. The maximum absolute atomic E-state index is 11.0. The first-order valence-electron chi connectivity index (χ1n) is 5.38. The molecule has 0 radical (unpaired) electrons. The van der Waals surface area contributed by atoms with Crippen LogP contribution < -0.4 is 10.1 Å². The Morgan fingerprint density at radius 1 is 1.33 bits per heavy atom. The predicted octanol–water partition coefficient (Wildman–Crippen LogP) is 2.05. The van der Waals surface area contributed by atoms with E-state index in [9.17, 15) is 9.59 Å². The molecule has 0 fully saturated rings. The van der Waals surface area contributed by atoms with Crippen LogP contribution in [0.5, 0.6) is 5.75 Å². The molecule has 0 saturated heterocycles. The number of benzene rings is 1. The summed E-state index contributed by atoms with van der Waals surface area (Å²) in [4.78, 5) is 21.4. The third-order valence-electron chi connectivity index (χ3n) is 2.02. The molecule has 0 atom stereocenters. The van der Waals surface area contributed by atoms with E-state index in [2.05, 4.69) is 5.32 Å². The van der Waals surface area contributed by atoms with Gasteiger partial charge in [-0.15, -0.1) is 0 Å². The smallest absolute Gasteiger partial charge is 0.328 e. The van der Waals surface area contributed by atoms with Gasteiger partial charge in [0.25, 0.3) is 0 Å². The highest BCUT2D eigenvalue weighted by molar-refractivity contribution is 5.90. The molecule has 0 heterocycles. The van der Waals surface area contributed by atoms with Crippen LogP contribution in [0, 0.1) is 0 Å². The Hall–Kier alpha value is -2.30. The maximum atomic E-state index is 11.0. The number of carbonyl (C=O) groups excluding carboxylic acids is 1. The molecule has 0 aromatic heterocycles. The summed E-state index contributed by atoms with van der Waals surface area (Å²) in [6.45, 7) is 3.23. The van der Waals surface area contributed by atoms with Crippen molar-refractivity contribution in [2.45, 2.75) is 13.8 Å². The number of carbonyl (C=O) groups is 2. The number of hydrogen-bond donors (Lipinski definition) is 2. The summed E-state index contributed by atoms with van der Waals surface area (Å²) < 4.78 is 5.45. The number of amides is 1. The van der Waals surface area contributed by atoms with Gasteiger partial charge >= 0.3 is 5.97 Å². The van der Waals surface area contributed by atoms with Crippen LogP contribution in [0.4, 0.5) is 5.69 Å². The zero-order valence-corrected chi connectivity index (χ0v) is 10.3. The first-order valence-corrected chi connectivity index (χ1v) is 5.38. The average molecular weight is 249 g/mol. The van der Waals surface area contributed by atoms with Gasteiger partial charge in [0.2, 0.25) is 5.91 Å². The van der Waals surface area contributed by atoms with Crippen molar-refractivity contribution in [2.75, 3.05) is 11.9 Å². The second kappa shape index (κ2) is 6.44. The fraction of sp³-hybridized carbons (Fsp3) is 0.231. The van der Waals surface area contributed by atoms with Gasteiger partial charge in [-0.3, -0.25) is 4.79 Å². The molecule has 0 saturated carbocycles. The van der Waals surface area contributed by atoms with Crippen molar-refractivity contribution in [1.82, 2.24) is 0 Å². The molecule has 0 aliphatic rings. The zero-order valence-electron chi connectivity index (χ0n) is 10.3. The molecule has 18 heavy (non-hydrogen) atoms. The van der Waals surface area contributed by atoms with Gasteiger partial charge in [-0.25, -0.2) is 4.79 Å². The number of carboxylic acids is 1. The standard InChI is InChI=1S/C13H15NO4/c1-9(7-13(16)17)8-18-12-6-4-3-5-11(12)14-10(2)15/h3-7H,8H2,1-2H3,(H,14,15)(H,16,17)/b9-7+. The monoisotopic (exact) mass is 249 g/mol. The molecule has 0 aliphatic heterocycles. The fourth-order valence-corrected chi connectivity index (χ4v) is 1.33. The molecule has 96 valence electrons. The highest BCUT2D eigenvalue weighted by atomic mass is 16.5. The molecule has 5 nitrogen and oxygen atoms in total. The molecular formula is C13H15NO4. The summed E-state index contributed by atoms with van der Waals surface area (Å²) in [6, 6.07) is 6.97. The number of rotatable bonds is 5. The van der Waals surface area contributed by atoms with E-state index in [0.717, 1.165) is 6.08 Å². The van der Waals surface area contributed by atoms with Gasteiger partial charge in [-0.1, -0.05) is 12.1 Å². The molecule has 2 N–H and O–H groups in total. The Morgan fingerprint density at radius 3 is 2.61 bits per heavy atom. The number of hydrogen-bond acceptors (Lipinski definition) is 3. The van der Waals surface area contributed by atoms with Gasteiger partial charge < -0.3 is 15.2 Å². The minimum atomic E-state index is -1.01. The summed E-state index contributed by atoms with van der Waals surface area (Å²) in [7, 11) is 0. The normalized spacial score (nSPS) is 10.9. The molecule has 1 aromatic carbocycles. The topological polar surface area (TPSA) is 75.6 Å². The lowest BCUT2D eigenvalue weighted by Crippen LogP contribution is -2.09.